The van der Waals surface area contributed by atoms with E-state index in [1.807, 2.05) is 4.90 Å². The Balaban J connectivity index is 1.82. The number of phenolic OH excluding ortho intramolecular Hbond substituents is 2. The molecule has 5 heteroatoms. The molecule has 102 valence electrons. The normalized spacial score (nSPS) is 29.5. The van der Waals surface area contributed by atoms with Crippen LogP contribution in [0, 0.1) is 11.8 Å². The Bertz CT molecular complexity index is 517. The Morgan fingerprint density at radius 2 is 2.11 bits per heavy atom. The fourth-order valence-electron chi connectivity index (χ4n) is 3.26. The van der Waals surface area contributed by atoms with Gasteiger partial charge in [0.05, 0.1) is 0 Å². The molecule has 3 N–H and O–H groups in total. The van der Waals surface area contributed by atoms with Crippen molar-refractivity contribution < 1.29 is 15.0 Å². The molecule has 2 fully saturated rings. The molecule has 2 aliphatic heterocycles. The highest BCUT2D eigenvalue weighted by Gasteiger charge is 2.43. The summed E-state index contributed by atoms with van der Waals surface area (Å²) >= 11 is 0. The number of rotatable bonds is 1. The van der Waals surface area contributed by atoms with E-state index >= 15 is 0 Å². The summed E-state index contributed by atoms with van der Waals surface area (Å²) in [4.78, 5) is 14.3. The second-order valence-corrected chi connectivity index (χ2v) is 5.48. The van der Waals surface area contributed by atoms with Gasteiger partial charge in [-0.25, -0.2) is 0 Å². The van der Waals surface area contributed by atoms with Crippen LogP contribution in [-0.2, 0) is 0 Å². The van der Waals surface area contributed by atoms with Gasteiger partial charge in [-0.05, 0) is 37.0 Å². The molecule has 3 rings (SSSR count). The van der Waals surface area contributed by atoms with Crippen LogP contribution in [0.2, 0.25) is 0 Å². The quantitative estimate of drug-likeness (QED) is 0.654. The van der Waals surface area contributed by atoms with Crippen molar-refractivity contribution in [3.8, 4) is 11.5 Å². The average Bonchev–Trinajstić information content (AvgIpc) is 2.95. The van der Waals surface area contributed by atoms with Crippen molar-refractivity contribution in [3.05, 3.63) is 23.8 Å². The van der Waals surface area contributed by atoms with Gasteiger partial charge in [-0.15, -0.1) is 0 Å². The summed E-state index contributed by atoms with van der Waals surface area (Å²) < 4.78 is 0. The number of benzene rings is 1. The molecule has 1 amide bonds. The Hall–Kier alpha value is -1.75. The molecule has 2 saturated heterocycles. The predicted octanol–water partition coefficient (Wildman–Crippen LogP) is 0.778. The summed E-state index contributed by atoms with van der Waals surface area (Å²) in [6.07, 6.45) is 0. The fraction of sp³-hybridized carbons (Fsp3) is 0.500. The molecule has 0 saturated carbocycles. The zero-order chi connectivity index (χ0) is 13.6. The molecule has 0 radical (unpaired) electrons. The van der Waals surface area contributed by atoms with Crippen LogP contribution in [0.1, 0.15) is 17.3 Å². The number of carbonyl (C=O) groups excluding carboxylic acids is 1. The molecule has 0 bridgehead atoms. The lowest BCUT2D eigenvalue weighted by atomic mass is 9.95. The van der Waals surface area contributed by atoms with Crippen molar-refractivity contribution in [1.29, 1.82) is 0 Å². The summed E-state index contributed by atoms with van der Waals surface area (Å²) in [7, 11) is 0. The molecule has 0 aliphatic carbocycles. The number of amides is 1. The number of likely N-dealkylation sites (tertiary alicyclic amines) is 1. The van der Waals surface area contributed by atoms with Crippen molar-refractivity contribution in [2.45, 2.75) is 13.0 Å². The second-order valence-electron chi connectivity index (χ2n) is 5.48. The maximum atomic E-state index is 12.5. The van der Waals surface area contributed by atoms with E-state index in [0.29, 0.717) is 17.4 Å². The largest absolute Gasteiger partial charge is 0.504 e. The number of hydrogen-bond donors (Lipinski definition) is 3. The first-order chi connectivity index (χ1) is 9.08. The van der Waals surface area contributed by atoms with Crippen LogP contribution < -0.4 is 5.32 Å². The lowest BCUT2D eigenvalue weighted by Gasteiger charge is -2.24. The van der Waals surface area contributed by atoms with E-state index in [2.05, 4.69) is 12.2 Å². The summed E-state index contributed by atoms with van der Waals surface area (Å²) in [5.41, 5.74) is 0.426. The van der Waals surface area contributed by atoms with E-state index < -0.39 is 0 Å². The third-order valence-electron chi connectivity index (χ3n) is 4.42. The third-order valence-corrected chi connectivity index (χ3v) is 4.42. The van der Waals surface area contributed by atoms with E-state index in [1.165, 1.54) is 12.1 Å². The van der Waals surface area contributed by atoms with E-state index in [4.69, 9.17) is 0 Å². The Morgan fingerprint density at radius 3 is 2.79 bits per heavy atom. The zero-order valence-electron chi connectivity index (χ0n) is 10.8. The summed E-state index contributed by atoms with van der Waals surface area (Å²) in [6, 6.07) is 4.45. The Morgan fingerprint density at radius 1 is 1.32 bits per heavy atom. The van der Waals surface area contributed by atoms with Gasteiger partial charge >= 0.3 is 0 Å². The van der Waals surface area contributed by atoms with E-state index in [0.717, 1.165) is 19.6 Å². The first-order valence-corrected chi connectivity index (χ1v) is 6.61. The lowest BCUT2D eigenvalue weighted by molar-refractivity contribution is 0.0728. The molecule has 1 aromatic carbocycles. The molecule has 0 spiro atoms. The van der Waals surface area contributed by atoms with Gasteiger partial charge in [0.2, 0.25) is 0 Å². The number of nitrogens with one attached hydrogen (secondary N) is 1. The van der Waals surface area contributed by atoms with E-state index in [9.17, 15) is 15.0 Å². The van der Waals surface area contributed by atoms with E-state index in [1.54, 1.807) is 6.07 Å². The van der Waals surface area contributed by atoms with Crippen LogP contribution in [0.3, 0.4) is 0 Å². The number of aromatic hydroxyl groups is 2. The van der Waals surface area contributed by atoms with Crippen molar-refractivity contribution >= 4 is 5.91 Å². The van der Waals surface area contributed by atoms with Gasteiger partial charge in [0.25, 0.3) is 5.91 Å². The SMILES string of the molecule is CC1C2CNCC2CN1C(=O)c1ccc(O)c(O)c1. The number of fused-ring (bicyclic) bond motifs is 1. The molecule has 19 heavy (non-hydrogen) atoms. The standard InChI is InChI=1S/C14H18N2O3/c1-8-11-6-15-5-10(11)7-16(8)14(19)9-2-3-12(17)13(18)4-9/h2-4,8,10-11,15,17-18H,5-7H2,1H3. The predicted molar refractivity (Wildman–Crippen MR) is 70.1 cm³/mol. The average molecular weight is 262 g/mol. The minimum Gasteiger partial charge on any atom is -0.504 e. The molecular formula is C14H18N2O3. The van der Waals surface area contributed by atoms with Gasteiger partial charge < -0.3 is 20.4 Å². The maximum absolute atomic E-state index is 12.5. The number of phenols is 2. The van der Waals surface area contributed by atoms with Gasteiger partial charge in [-0.2, -0.15) is 0 Å². The van der Waals surface area contributed by atoms with Crippen molar-refractivity contribution in [3.63, 3.8) is 0 Å². The maximum Gasteiger partial charge on any atom is 0.254 e. The zero-order valence-corrected chi connectivity index (χ0v) is 10.8. The second kappa shape index (κ2) is 4.42. The number of hydrogen-bond acceptors (Lipinski definition) is 4. The molecule has 1 aromatic rings. The molecule has 3 unspecified atom stereocenters. The molecule has 5 nitrogen and oxygen atoms in total. The first kappa shape index (κ1) is 12.3. The van der Waals surface area contributed by atoms with Crippen LogP contribution >= 0.6 is 0 Å². The Kier molecular flexibility index (Phi) is 2.86. The summed E-state index contributed by atoms with van der Waals surface area (Å²) in [5, 5.41) is 22.1. The Labute approximate surface area is 111 Å². The van der Waals surface area contributed by atoms with Crippen molar-refractivity contribution in [1.82, 2.24) is 10.2 Å². The van der Waals surface area contributed by atoms with Crippen LogP contribution in [0.4, 0.5) is 0 Å². The van der Waals surface area contributed by atoms with Crippen molar-refractivity contribution in [2.24, 2.45) is 11.8 Å². The van der Waals surface area contributed by atoms with Crippen LogP contribution in [0.5, 0.6) is 11.5 Å². The van der Waals surface area contributed by atoms with Crippen LogP contribution in [0.15, 0.2) is 18.2 Å². The van der Waals surface area contributed by atoms with Crippen LogP contribution in [0.25, 0.3) is 0 Å². The smallest absolute Gasteiger partial charge is 0.254 e. The third kappa shape index (κ3) is 1.94. The topological polar surface area (TPSA) is 72.8 Å². The molecule has 3 atom stereocenters. The van der Waals surface area contributed by atoms with Gasteiger partial charge in [0.15, 0.2) is 11.5 Å². The highest BCUT2D eigenvalue weighted by molar-refractivity contribution is 5.95. The van der Waals surface area contributed by atoms with Crippen molar-refractivity contribution in [2.75, 3.05) is 19.6 Å². The monoisotopic (exact) mass is 262 g/mol. The van der Waals surface area contributed by atoms with Gasteiger partial charge in [0, 0.05) is 31.2 Å². The highest BCUT2D eigenvalue weighted by atomic mass is 16.3. The first-order valence-electron chi connectivity index (χ1n) is 6.61. The minimum absolute atomic E-state index is 0.0720. The molecule has 2 heterocycles. The number of nitrogens with zero attached hydrogens (tertiary/aromatic N) is 1. The summed E-state index contributed by atoms with van der Waals surface area (Å²) in [6.45, 7) is 4.78. The molecule has 0 aromatic heterocycles. The molecule has 2 aliphatic rings. The van der Waals surface area contributed by atoms with Gasteiger partial charge in [-0.1, -0.05) is 0 Å². The van der Waals surface area contributed by atoms with E-state index in [-0.39, 0.29) is 23.4 Å². The van der Waals surface area contributed by atoms with Gasteiger partial charge in [0.1, 0.15) is 0 Å². The van der Waals surface area contributed by atoms with Crippen LogP contribution in [-0.4, -0.2) is 46.7 Å². The molecular weight excluding hydrogens is 244 g/mol. The number of carbonyl (C=O) groups is 1. The van der Waals surface area contributed by atoms with Gasteiger partial charge in [-0.3, -0.25) is 4.79 Å². The fourth-order valence-corrected chi connectivity index (χ4v) is 3.26. The highest BCUT2D eigenvalue weighted by Crippen LogP contribution is 2.34. The summed E-state index contributed by atoms with van der Waals surface area (Å²) in [5.74, 6) is 0.531. The minimum atomic E-state index is -0.250. The lowest BCUT2D eigenvalue weighted by Crippen LogP contribution is -2.38.